The van der Waals surface area contributed by atoms with Crippen LogP contribution in [0.25, 0.3) is 0 Å². The topological polar surface area (TPSA) is 615 Å². The molecule has 1 aliphatic rings. The minimum absolute atomic E-state index is 0. The predicted octanol–water partition coefficient (Wildman–Crippen LogP) is 12.9. The molecule has 111 heavy (non-hydrogen) atoms. The van der Waals surface area contributed by atoms with E-state index in [-0.39, 0.29) is 79.1 Å². The number of rotatable bonds is 15. The van der Waals surface area contributed by atoms with E-state index in [4.69, 9.17) is 53.1 Å². The lowest BCUT2D eigenvalue weighted by Gasteiger charge is -2.35. The first-order chi connectivity index (χ1) is 49.9. The predicted molar refractivity (Wildman–Crippen MR) is 479 cm³/mol. The normalized spacial score (nSPS) is 8.95. The van der Waals surface area contributed by atoms with Crippen LogP contribution in [0.1, 0.15) is 229 Å². The fourth-order valence-electron chi connectivity index (χ4n) is 5.33. The van der Waals surface area contributed by atoms with Crippen LogP contribution >= 0.6 is 0 Å². The standard InChI is InChI=1S/C24H43N5O5.2C8H10.3C5H12.C4H10.C3H8O.2C2H6.4CH5N.10CH2O.6H3N/c1-16(2)14-20(22(32)25-17(3)23(33)29-12-10-9-11-13-29)28(8)24(34)18(4)27(7)21(31)15-26(6)19(5)30;2*1-2-8-6-4-3-5-7-8;3*1-4-5(2)3;1-4(2)3;1-3(2)4;16*1-2;;;;;;/h16-18,20H,9-15H2,1-8H3,(H,25,32);2*3-7H,2H2,1H3;3*5H,4H2,1-3H3;4H,1-3H3;3-4H,1-2H3;2*1-2H3;4*2H2,1H3;10*1H2;6*1H3/t17-,18-,20-;;;;;;;;;;;;;;;;;;;;;;;;;;;;;/m0............................./s1. The fourth-order valence-corrected chi connectivity index (χ4v) is 5.33. The third-order valence-corrected chi connectivity index (χ3v) is 11.4. The lowest BCUT2D eigenvalue weighted by molar-refractivity contribution is -0.148. The number of benzene rings is 2. The second-order valence-electron chi connectivity index (χ2n) is 21.7. The van der Waals surface area contributed by atoms with Crippen molar-refractivity contribution in [3.8, 4) is 0 Å². The number of amides is 5. The molecule has 0 bridgehead atoms. The Hall–Kier alpha value is -7.95. The molecule has 0 radical (unpaired) electrons. The van der Waals surface area contributed by atoms with Gasteiger partial charge in [0, 0.05) is 47.3 Å². The first-order valence-electron chi connectivity index (χ1n) is 35.2. The molecule has 3 atom stereocenters. The number of carbonyl (C=O) groups is 15. The smallest absolute Gasteiger partial charge is 0.245 e. The van der Waals surface area contributed by atoms with Crippen LogP contribution < -0.4 is 65.2 Å². The lowest BCUT2D eigenvalue weighted by Crippen LogP contribution is -2.57. The summed E-state index contributed by atoms with van der Waals surface area (Å²) in [7, 11) is 10.6. The van der Waals surface area contributed by atoms with Gasteiger partial charge in [0.25, 0.3) is 0 Å². The van der Waals surface area contributed by atoms with Crippen LogP contribution in [-0.4, -0.2) is 215 Å². The third-order valence-electron chi connectivity index (χ3n) is 11.4. The number of carbonyl (C=O) groups excluding carboxylic acids is 15. The largest absolute Gasteiger partial charge is 0.394 e. The molecule has 2 aromatic carbocycles. The van der Waals surface area contributed by atoms with Gasteiger partial charge in [-0.05, 0) is 135 Å². The van der Waals surface area contributed by atoms with Crippen molar-refractivity contribution in [1.29, 1.82) is 0 Å². The van der Waals surface area contributed by atoms with Crippen molar-refractivity contribution in [3.05, 3.63) is 71.8 Å². The minimum atomic E-state index is -0.826. The van der Waals surface area contributed by atoms with Crippen molar-refractivity contribution in [2.45, 2.75) is 255 Å². The van der Waals surface area contributed by atoms with E-state index >= 15 is 0 Å². The highest BCUT2D eigenvalue weighted by molar-refractivity contribution is 5.94. The van der Waals surface area contributed by atoms with Crippen molar-refractivity contribution < 1.29 is 77.0 Å². The first kappa shape index (κ1) is 186. The molecule has 0 aliphatic carbocycles. The quantitative estimate of drug-likeness (QED) is 0.0788. The maximum atomic E-state index is 13.2. The van der Waals surface area contributed by atoms with E-state index in [0.29, 0.717) is 19.5 Å². The van der Waals surface area contributed by atoms with Gasteiger partial charge in [-0.25, -0.2) is 0 Å². The summed E-state index contributed by atoms with van der Waals surface area (Å²) in [5.74, 6) is 2.09. The number of likely N-dealkylation sites (N-methyl/N-ethyl adjacent to an activating group) is 3. The number of hydrogen-bond acceptors (Lipinski definition) is 26. The van der Waals surface area contributed by atoms with Gasteiger partial charge in [-0.15, -0.1) is 0 Å². The Morgan fingerprint density at radius 3 is 0.838 bits per heavy atom. The molecule has 678 valence electrons. The van der Waals surface area contributed by atoms with Gasteiger partial charge < -0.3 is 138 Å². The van der Waals surface area contributed by atoms with Crippen LogP contribution in [0.5, 0.6) is 0 Å². The first-order valence-corrected chi connectivity index (χ1v) is 35.2. The molecule has 1 fully saturated rings. The highest BCUT2D eigenvalue weighted by Gasteiger charge is 2.34. The number of nitrogens with one attached hydrogen (secondary N) is 1. The molecule has 0 unspecified atom stereocenters. The maximum Gasteiger partial charge on any atom is 0.245 e. The van der Waals surface area contributed by atoms with Crippen molar-refractivity contribution >= 4 is 97.4 Å². The number of piperidine rings is 1. The van der Waals surface area contributed by atoms with E-state index < -0.39 is 24.0 Å². The Morgan fingerprint density at radius 2 is 0.658 bits per heavy atom. The van der Waals surface area contributed by atoms with Gasteiger partial charge >= 0.3 is 0 Å². The average Bonchev–Trinajstić information content (AvgIpc) is 0.835. The summed E-state index contributed by atoms with van der Waals surface area (Å²) in [6.07, 6.45) is 9.48. The van der Waals surface area contributed by atoms with Crippen LogP contribution in [0, 0.1) is 29.6 Å². The fraction of sp³-hybridized carbons (Fsp3) is 0.662. The highest BCUT2D eigenvalue weighted by atomic mass is 16.3. The molecular weight excluding hydrogens is 1430 g/mol. The second-order valence-corrected chi connectivity index (χ2v) is 21.7. The molecule has 0 aromatic heterocycles. The van der Waals surface area contributed by atoms with Crippen LogP contribution in [0.15, 0.2) is 60.7 Å². The molecule has 1 aliphatic heterocycles. The Bertz CT molecular complexity index is 1740. The van der Waals surface area contributed by atoms with Crippen molar-refractivity contribution in [2.24, 2.45) is 52.5 Å². The molecule has 5 amide bonds. The summed E-state index contributed by atoms with van der Waals surface area (Å²) in [6.45, 7) is 72.0. The monoisotopic (exact) mass is 1610 g/mol. The SMILES string of the molecule is C=O.C=O.C=O.C=O.C=O.C=O.C=O.C=O.C=O.C=O.CC.CC.CC(=O)N(C)CC(=O)N(C)[C@@H](C)C(=O)N(C)[C@@H](CC(C)C)C(=O)N[C@@H](C)C(=O)N1CCCCC1.CC(C)C.CC(C)O.CCC(C)C.CCC(C)C.CCC(C)C.CCc1ccccc1.CCc1ccccc1.CN.CN.CN.CN.N.N.N.N.N.N. The van der Waals surface area contributed by atoms with Crippen molar-refractivity contribution in [3.63, 3.8) is 0 Å². The van der Waals surface area contributed by atoms with Crippen LogP contribution in [0.3, 0.4) is 0 Å². The van der Waals surface area contributed by atoms with E-state index in [1.54, 1.807) is 39.6 Å². The zero-order valence-corrected chi connectivity index (χ0v) is 77.4. The van der Waals surface area contributed by atoms with E-state index in [1.165, 1.54) is 94.3 Å². The summed E-state index contributed by atoms with van der Waals surface area (Å²) < 4.78 is 0. The molecule has 0 spiro atoms. The molecule has 31 nitrogen and oxygen atoms in total. The van der Waals surface area contributed by atoms with Crippen molar-refractivity contribution in [2.75, 3.05) is 69.0 Å². The zero-order valence-electron chi connectivity index (χ0n) is 77.4. The number of hydrogen-bond donors (Lipinski definition) is 12. The molecule has 3 rings (SSSR count). The van der Waals surface area contributed by atoms with Gasteiger partial charge in [0.05, 0.1) is 6.54 Å². The number of likely N-dealkylation sites (tertiary alicyclic amines) is 1. The highest BCUT2D eigenvalue weighted by Crippen LogP contribution is 2.16. The summed E-state index contributed by atoms with van der Waals surface area (Å²) in [5, 5.41) is 10.9. The van der Waals surface area contributed by atoms with E-state index in [1.807, 2.05) is 122 Å². The Labute approximate surface area is 681 Å². The van der Waals surface area contributed by atoms with Crippen LogP contribution in [0.4, 0.5) is 0 Å². The second kappa shape index (κ2) is 185. The van der Waals surface area contributed by atoms with Gasteiger partial charge in [-0.3, -0.25) is 24.0 Å². The molecule has 1 heterocycles. The van der Waals surface area contributed by atoms with E-state index in [0.717, 1.165) is 55.8 Å². The molecule has 31 heteroatoms. The molecule has 28 N–H and O–H groups in total. The lowest BCUT2D eigenvalue weighted by atomic mass is 10.0. The number of aliphatic hydroxyl groups excluding tert-OH is 1. The van der Waals surface area contributed by atoms with E-state index in [2.05, 4.69) is 174 Å². The van der Waals surface area contributed by atoms with Crippen LogP contribution in [-0.2, 0) is 84.8 Å². The number of nitrogens with two attached hydrogens (primary N) is 4. The summed E-state index contributed by atoms with van der Waals surface area (Å²) in [5.41, 5.74) is 20.8. The maximum absolute atomic E-state index is 13.2. The third kappa shape index (κ3) is 186. The summed E-state index contributed by atoms with van der Waals surface area (Å²) >= 11 is 0. The number of aliphatic hydroxyl groups is 1. The Kier molecular flexibility index (Phi) is 309. The van der Waals surface area contributed by atoms with Gasteiger partial charge in [0.2, 0.25) is 29.5 Å². The van der Waals surface area contributed by atoms with Gasteiger partial charge in [-0.2, -0.15) is 0 Å². The number of aryl methyl sites for hydroxylation is 2. The van der Waals surface area contributed by atoms with E-state index in [9.17, 15) is 24.0 Å². The molecule has 1 saturated heterocycles. The zero-order chi connectivity index (χ0) is 89.8. The molecule has 0 saturated carbocycles. The Morgan fingerprint density at radius 1 is 0.432 bits per heavy atom. The van der Waals surface area contributed by atoms with Crippen molar-refractivity contribution in [1.82, 2.24) is 61.8 Å². The summed E-state index contributed by atoms with van der Waals surface area (Å²) in [4.78, 5) is 149. The van der Waals surface area contributed by atoms with Gasteiger partial charge in [0.15, 0.2) is 0 Å². The van der Waals surface area contributed by atoms with Gasteiger partial charge in [-0.1, -0.05) is 218 Å². The Balaban J connectivity index is -0.0000000307. The van der Waals surface area contributed by atoms with Gasteiger partial charge in [0.1, 0.15) is 86.0 Å². The number of nitrogens with zero attached hydrogens (tertiary/aromatic N) is 4. The summed E-state index contributed by atoms with van der Waals surface area (Å²) in [6, 6.07) is 18.6. The average molecular weight is 1620 g/mol. The molecule has 2 aromatic rings. The van der Waals surface area contributed by atoms with Crippen LogP contribution in [0.2, 0.25) is 0 Å². The molecular formula is C80H187N15O16. The minimum Gasteiger partial charge on any atom is -0.394 e.